The fourth-order valence-corrected chi connectivity index (χ4v) is 3.26. The number of guanidine groups is 1. The zero-order chi connectivity index (χ0) is 17.3. The Morgan fingerprint density at radius 3 is 2.84 bits per heavy atom. The monoisotopic (exact) mass is 344 g/mol. The molecule has 0 bridgehead atoms. The van der Waals surface area contributed by atoms with Gasteiger partial charge >= 0.3 is 0 Å². The standard InChI is InChI=1S/C18H28N6O/c1-19-18(20-9-13-24-12-6-8-22-24)21-15-16(17-7-5-14-25-17)23-10-3-2-4-11-23/h5-8,12,14,16H,2-4,9-11,13,15H2,1H3,(H2,19,20,21). The van der Waals surface area contributed by atoms with Crippen molar-refractivity contribution in [3.05, 3.63) is 42.6 Å². The predicted molar refractivity (Wildman–Crippen MR) is 98.5 cm³/mol. The van der Waals surface area contributed by atoms with E-state index in [0.29, 0.717) is 0 Å². The third kappa shape index (κ3) is 5.09. The van der Waals surface area contributed by atoms with E-state index >= 15 is 0 Å². The lowest BCUT2D eigenvalue weighted by Gasteiger charge is -2.33. The first-order valence-electron chi connectivity index (χ1n) is 9.06. The number of nitrogens with zero attached hydrogens (tertiary/aromatic N) is 4. The molecular formula is C18H28N6O. The van der Waals surface area contributed by atoms with Crippen molar-refractivity contribution in [1.82, 2.24) is 25.3 Å². The van der Waals surface area contributed by atoms with Crippen molar-refractivity contribution in [2.45, 2.75) is 31.8 Å². The molecule has 136 valence electrons. The van der Waals surface area contributed by atoms with Crippen LogP contribution >= 0.6 is 0 Å². The number of nitrogens with one attached hydrogen (secondary N) is 2. The van der Waals surface area contributed by atoms with Gasteiger partial charge in [0.2, 0.25) is 0 Å². The van der Waals surface area contributed by atoms with Gasteiger partial charge in [-0.25, -0.2) is 0 Å². The van der Waals surface area contributed by atoms with Gasteiger partial charge in [0.1, 0.15) is 5.76 Å². The van der Waals surface area contributed by atoms with Gasteiger partial charge in [0.05, 0.1) is 18.8 Å². The minimum absolute atomic E-state index is 0.236. The van der Waals surface area contributed by atoms with E-state index in [1.54, 1.807) is 19.5 Å². The summed E-state index contributed by atoms with van der Waals surface area (Å²) in [5.41, 5.74) is 0. The van der Waals surface area contributed by atoms with Crippen LogP contribution in [0.15, 0.2) is 46.3 Å². The molecule has 0 amide bonds. The Labute approximate surface area is 149 Å². The first-order valence-corrected chi connectivity index (χ1v) is 9.06. The largest absolute Gasteiger partial charge is 0.468 e. The number of rotatable bonds is 7. The first-order chi connectivity index (χ1) is 12.4. The summed E-state index contributed by atoms with van der Waals surface area (Å²) in [5.74, 6) is 1.82. The maximum atomic E-state index is 5.69. The predicted octanol–water partition coefficient (Wildman–Crippen LogP) is 1.87. The molecule has 0 saturated carbocycles. The van der Waals surface area contributed by atoms with E-state index < -0.39 is 0 Å². The third-order valence-electron chi connectivity index (χ3n) is 4.58. The molecule has 0 spiro atoms. The molecular weight excluding hydrogens is 316 g/mol. The molecule has 25 heavy (non-hydrogen) atoms. The highest BCUT2D eigenvalue weighted by atomic mass is 16.3. The molecule has 0 aromatic carbocycles. The minimum atomic E-state index is 0.236. The van der Waals surface area contributed by atoms with Crippen LogP contribution in [0.2, 0.25) is 0 Å². The van der Waals surface area contributed by atoms with Crippen molar-refractivity contribution < 1.29 is 4.42 Å². The van der Waals surface area contributed by atoms with Gasteiger partial charge in [-0.1, -0.05) is 6.42 Å². The Hall–Kier alpha value is -2.28. The smallest absolute Gasteiger partial charge is 0.191 e. The number of furan rings is 1. The van der Waals surface area contributed by atoms with Gasteiger partial charge in [0, 0.05) is 32.5 Å². The topological polar surface area (TPSA) is 70.6 Å². The number of hydrogen-bond acceptors (Lipinski definition) is 4. The number of likely N-dealkylation sites (tertiary alicyclic amines) is 1. The molecule has 1 aliphatic rings. The van der Waals surface area contributed by atoms with E-state index in [4.69, 9.17) is 4.42 Å². The summed E-state index contributed by atoms with van der Waals surface area (Å²) in [5, 5.41) is 11.0. The highest BCUT2D eigenvalue weighted by Gasteiger charge is 2.24. The van der Waals surface area contributed by atoms with Crippen LogP contribution in [0.4, 0.5) is 0 Å². The van der Waals surface area contributed by atoms with E-state index in [1.165, 1.54) is 19.3 Å². The molecule has 7 nitrogen and oxygen atoms in total. The Balaban J connectivity index is 1.51. The number of aromatic nitrogens is 2. The number of hydrogen-bond donors (Lipinski definition) is 2. The molecule has 2 aromatic rings. The molecule has 1 atom stereocenters. The van der Waals surface area contributed by atoms with E-state index in [9.17, 15) is 0 Å². The maximum absolute atomic E-state index is 5.69. The quantitative estimate of drug-likeness (QED) is 0.593. The Bertz CT molecular complexity index is 616. The van der Waals surface area contributed by atoms with Gasteiger partial charge in [-0.2, -0.15) is 5.10 Å². The van der Waals surface area contributed by atoms with Crippen LogP contribution in [0.25, 0.3) is 0 Å². The second kappa shape index (κ2) is 9.27. The van der Waals surface area contributed by atoms with E-state index in [1.807, 2.05) is 23.0 Å². The third-order valence-corrected chi connectivity index (χ3v) is 4.58. The van der Waals surface area contributed by atoms with Crippen LogP contribution in [-0.4, -0.2) is 53.9 Å². The van der Waals surface area contributed by atoms with Crippen molar-refractivity contribution in [2.24, 2.45) is 4.99 Å². The van der Waals surface area contributed by atoms with Gasteiger partial charge in [-0.05, 0) is 44.1 Å². The van der Waals surface area contributed by atoms with Crippen molar-refractivity contribution in [2.75, 3.05) is 33.2 Å². The Kier molecular flexibility index (Phi) is 6.50. The second-order valence-electron chi connectivity index (χ2n) is 6.28. The van der Waals surface area contributed by atoms with Gasteiger partial charge in [0.15, 0.2) is 5.96 Å². The molecule has 1 saturated heterocycles. The minimum Gasteiger partial charge on any atom is -0.468 e. The summed E-state index contributed by atoms with van der Waals surface area (Å²) in [6.45, 7) is 4.60. The van der Waals surface area contributed by atoms with Crippen LogP contribution in [0.3, 0.4) is 0 Å². The summed E-state index contributed by atoms with van der Waals surface area (Å²) in [6.07, 6.45) is 9.35. The Morgan fingerprint density at radius 2 is 2.16 bits per heavy atom. The molecule has 3 heterocycles. The normalized spacial score (nSPS) is 17.4. The van der Waals surface area contributed by atoms with E-state index in [-0.39, 0.29) is 6.04 Å². The average molecular weight is 344 g/mol. The van der Waals surface area contributed by atoms with Crippen LogP contribution in [0.1, 0.15) is 31.1 Å². The van der Waals surface area contributed by atoms with E-state index in [2.05, 4.69) is 31.7 Å². The molecule has 7 heteroatoms. The fraction of sp³-hybridized carbons (Fsp3) is 0.556. The van der Waals surface area contributed by atoms with Gasteiger partial charge in [-0.15, -0.1) is 0 Å². The zero-order valence-corrected chi connectivity index (χ0v) is 14.9. The van der Waals surface area contributed by atoms with Crippen molar-refractivity contribution in [1.29, 1.82) is 0 Å². The lowest BCUT2D eigenvalue weighted by Crippen LogP contribution is -2.45. The molecule has 0 aliphatic carbocycles. The molecule has 3 rings (SSSR count). The van der Waals surface area contributed by atoms with Gasteiger partial charge < -0.3 is 15.1 Å². The molecule has 2 N–H and O–H groups in total. The molecule has 2 aromatic heterocycles. The molecule has 1 aliphatic heterocycles. The molecule has 1 unspecified atom stereocenters. The van der Waals surface area contributed by atoms with Crippen molar-refractivity contribution in [3.63, 3.8) is 0 Å². The number of piperidine rings is 1. The first kappa shape index (κ1) is 17.5. The molecule has 1 fully saturated rings. The second-order valence-corrected chi connectivity index (χ2v) is 6.28. The van der Waals surface area contributed by atoms with Crippen LogP contribution in [0.5, 0.6) is 0 Å². The highest BCUT2D eigenvalue weighted by molar-refractivity contribution is 5.79. The SMILES string of the molecule is CN=C(NCCn1cccn1)NCC(c1ccco1)N1CCCCC1. The van der Waals surface area contributed by atoms with Crippen LogP contribution in [0, 0.1) is 0 Å². The van der Waals surface area contributed by atoms with Gasteiger partial charge in [0.25, 0.3) is 0 Å². The zero-order valence-electron chi connectivity index (χ0n) is 14.9. The van der Waals surface area contributed by atoms with Gasteiger partial charge in [-0.3, -0.25) is 14.6 Å². The highest BCUT2D eigenvalue weighted by Crippen LogP contribution is 2.24. The maximum Gasteiger partial charge on any atom is 0.191 e. The van der Waals surface area contributed by atoms with E-state index in [0.717, 1.165) is 44.4 Å². The lowest BCUT2D eigenvalue weighted by atomic mass is 10.1. The average Bonchev–Trinajstić information content (AvgIpc) is 3.35. The lowest BCUT2D eigenvalue weighted by molar-refractivity contribution is 0.146. The van der Waals surface area contributed by atoms with Crippen molar-refractivity contribution in [3.8, 4) is 0 Å². The summed E-state index contributed by atoms with van der Waals surface area (Å²) in [6, 6.07) is 6.19. The fourth-order valence-electron chi connectivity index (χ4n) is 3.26. The van der Waals surface area contributed by atoms with Crippen LogP contribution < -0.4 is 10.6 Å². The van der Waals surface area contributed by atoms with Crippen LogP contribution in [-0.2, 0) is 6.54 Å². The summed E-state index contributed by atoms with van der Waals surface area (Å²) in [7, 11) is 1.80. The summed E-state index contributed by atoms with van der Waals surface area (Å²) in [4.78, 5) is 6.83. The number of aliphatic imine (C=N–C) groups is 1. The molecule has 0 radical (unpaired) electrons. The summed E-state index contributed by atoms with van der Waals surface area (Å²) < 4.78 is 7.59. The van der Waals surface area contributed by atoms with Crippen molar-refractivity contribution >= 4 is 5.96 Å². The summed E-state index contributed by atoms with van der Waals surface area (Å²) >= 11 is 0. The Morgan fingerprint density at radius 1 is 1.28 bits per heavy atom.